The molecule has 0 aliphatic heterocycles. The second-order valence-electron chi connectivity index (χ2n) is 18.0. The van der Waals surface area contributed by atoms with Crippen LogP contribution in [0.4, 0.5) is 0 Å². The number of hydrogen-bond donors (Lipinski definition) is 0. The van der Waals surface area contributed by atoms with E-state index in [0.717, 1.165) is 36.3 Å². The van der Waals surface area contributed by atoms with Crippen LogP contribution in [0.1, 0.15) is 157 Å². The van der Waals surface area contributed by atoms with Crippen molar-refractivity contribution in [3.63, 3.8) is 0 Å². The van der Waals surface area contributed by atoms with Crippen molar-refractivity contribution in [2.75, 3.05) is 99.5 Å². The molecule has 0 rings (SSSR count). The molecular formula is C46H106O13P2S4. The van der Waals surface area contributed by atoms with Crippen LogP contribution >= 0.6 is 24.3 Å². The zero-order valence-corrected chi connectivity index (χ0v) is 52.2. The van der Waals surface area contributed by atoms with E-state index in [9.17, 15) is 58.9 Å². The van der Waals surface area contributed by atoms with Gasteiger partial charge in [0, 0.05) is 72.0 Å². The summed E-state index contributed by atoms with van der Waals surface area (Å²) in [6, 6.07) is 0. The van der Waals surface area contributed by atoms with E-state index in [1.54, 1.807) is 47.7 Å². The highest BCUT2D eigenvalue weighted by atomic mass is 32.3. The second kappa shape index (κ2) is 53.8. The van der Waals surface area contributed by atoms with E-state index in [1.165, 1.54) is 27.7 Å². The first-order valence-corrected chi connectivity index (χ1v) is 36.3. The summed E-state index contributed by atoms with van der Waals surface area (Å²) < 4.78 is 71.5. The Morgan fingerprint density at radius 3 is 0.708 bits per heavy atom. The molecule has 0 aromatic rings. The molecule has 0 aliphatic carbocycles. The first kappa shape index (κ1) is 90.3. The fourth-order valence-electron chi connectivity index (χ4n) is 1.63. The van der Waals surface area contributed by atoms with E-state index in [1.807, 2.05) is 48.2 Å². The Hall–Kier alpha value is -1.12. The normalized spacial score (nSPS) is 10.5. The van der Waals surface area contributed by atoms with Gasteiger partial charge in [0.2, 0.25) is 0 Å². The molecule has 0 radical (unpaired) electrons. The monoisotopic (exact) mass is 1060 g/mol. The van der Waals surface area contributed by atoms with Crippen LogP contribution < -0.4 is 0 Å². The first-order chi connectivity index (χ1) is 28.4. The van der Waals surface area contributed by atoms with Gasteiger partial charge in [-0.2, -0.15) is 0 Å². The number of sulfone groups is 2. The lowest BCUT2D eigenvalue weighted by atomic mass is 10.0. The Labute approximate surface area is 407 Å². The van der Waals surface area contributed by atoms with Gasteiger partial charge in [0.15, 0.2) is 11.6 Å². The van der Waals surface area contributed by atoms with Gasteiger partial charge in [-0.25, -0.2) is 16.8 Å². The molecule has 0 bridgehead atoms. The highest BCUT2D eigenvalue weighted by Crippen LogP contribution is 2.39. The summed E-state index contributed by atoms with van der Waals surface area (Å²) in [4.78, 5) is 60.5. The van der Waals surface area contributed by atoms with Gasteiger partial charge in [0.05, 0.1) is 20.7 Å². The summed E-state index contributed by atoms with van der Waals surface area (Å²) in [7, 11) is -9.32. The Kier molecular flexibility index (Phi) is 74.8. The van der Waals surface area contributed by atoms with Crippen molar-refractivity contribution in [1.29, 1.82) is 0 Å². The van der Waals surface area contributed by atoms with Gasteiger partial charge in [0.25, 0.3) is 0 Å². The van der Waals surface area contributed by atoms with Crippen LogP contribution in [-0.2, 0) is 68.4 Å². The third-order valence-corrected chi connectivity index (χ3v) is 10.8. The standard InChI is InChI=1S/C6H10O2.C5H8O2.C5H13OP.C5H10O.C5H12.C4H10O2S.C4H10OS.C4H12S.C3H9OP.C3H6O.C2H6O2S/c1-3-5(7)6(8)4-2;1-4(6)3-5(2)7;1-4-7(3,6)5-2;1-3-5(6)4-2;1-5(2,3)4;1-3-7(5,6)4-2;1-3-6(5)4-2;2*1-5(2,3)4;1-3(2)4;1-5(2,3)4/h3-4H2,1-2H3;3H2,1-2H3;4-5H2,1-3H3;3-4H2,1-2H3;1-4H3;3-4H2,1-2H3;3-4H2,1-2H3;1-4H3;1-3H3;1-2H3;1-2H3. The van der Waals surface area contributed by atoms with Crippen molar-refractivity contribution in [2.45, 2.75) is 157 Å². The Bertz CT molecular complexity index is 1420. The molecule has 0 spiro atoms. The summed E-state index contributed by atoms with van der Waals surface area (Å²) in [5.74, 6) is 2.01. The third-order valence-electron chi connectivity index (χ3n) is 5.10. The maximum atomic E-state index is 11.0. The van der Waals surface area contributed by atoms with Crippen LogP contribution in [0.3, 0.4) is 0 Å². The lowest BCUT2D eigenvalue weighted by Gasteiger charge is -2.15. The van der Waals surface area contributed by atoms with Crippen molar-refractivity contribution < 1.29 is 58.9 Å². The molecule has 402 valence electrons. The second-order valence-corrected chi connectivity index (χ2v) is 37.5. The van der Waals surface area contributed by atoms with Gasteiger partial charge < -0.3 is 13.9 Å². The molecule has 19 heteroatoms. The number of Topliss-reactive ketones (excluding diaryl/α,β-unsaturated/α-hetero) is 6. The minimum atomic E-state index is -2.67. The summed E-state index contributed by atoms with van der Waals surface area (Å²) in [6.07, 6.45) is 15.2. The average molecular weight is 1060 g/mol. The van der Waals surface area contributed by atoms with Crippen molar-refractivity contribution in [3.05, 3.63) is 0 Å². The lowest BCUT2D eigenvalue weighted by molar-refractivity contribution is -0.136. The number of ketones is 6. The maximum absolute atomic E-state index is 11.0. The van der Waals surface area contributed by atoms with Gasteiger partial charge in [0.1, 0.15) is 42.8 Å². The van der Waals surface area contributed by atoms with Crippen molar-refractivity contribution in [2.24, 2.45) is 5.41 Å². The Morgan fingerprint density at radius 1 is 0.508 bits per heavy atom. The molecule has 13 nitrogen and oxygen atoms in total. The molecular weight excluding hydrogens is 951 g/mol. The van der Waals surface area contributed by atoms with Crippen molar-refractivity contribution in [3.8, 4) is 0 Å². The smallest absolute Gasteiger partial charge is 0.198 e. The number of rotatable bonds is 13. The Balaban J connectivity index is -0.0000000551. The van der Waals surface area contributed by atoms with Crippen LogP contribution in [-0.4, -0.2) is 155 Å². The molecule has 0 N–H and O–H groups in total. The van der Waals surface area contributed by atoms with Crippen LogP contribution in [0.25, 0.3) is 0 Å². The van der Waals surface area contributed by atoms with Crippen LogP contribution in [0.2, 0.25) is 0 Å². The Morgan fingerprint density at radius 2 is 0.692 bits per heavy atom. The molecule has 65 heavy (non-hydrogen) atoms. The fourth-order valence-corrected chi connectivity index (χ4v) is 2.89. The molecule has 0 unspecified atom stereocenters. The molecule has 0 amide bonds. The van der Waals surface area contributed by atoms with E-state index >= 15 is 0 Å². The minimum Gasteiger partial charge on any atom is -0.324 e. The van der Waals surface area contributed by atoms with Crippen LogP contribution in [0, 0.1) is 5.41 Å². The minimum absolute atomic E-state index is 0.0625. The predicted molar refractivity (Wildman–Crippen MR) is 295 cm³/mol. The number of carbonyl (C=O) groups excluding carboxylic acids is 6. The third kappa shape index (κ3) is 244. The molecule has 0 fully saturated rings. The van der Waals surface area contributed by atoms with Gasteiger partial charge in [-0.1, -0.05) is 96.9 Å². The zero-order valence-electron chi connectivity index (χ0n) is 47.1. The molecule has 0 saturated heterocycles. The largest absolute Gasteiger partial charge is 0.324 e. The van der Waals surface area contributed by atoms with E-state index in [0.29, 0.717) is 36.9 Å². The van der Waals surface area contributed by atoms with E-state index < -0.39 is 44.8 Å². The molecule has 0 atom stereocenters. The highest BCUT2D eigenvalue weighted by Gasteiger charge is 2.06. The van der Waals surface area contributed by atoms with E-state index in [4.69, 9.17) is 0 Å². The number of hydrogen-bond acceptors (Lipinski definition) is 13. The van der Waals surface area contributed by atoms with Gasteiger partial charge in [-0.15, -0.1) is 0 Å². The molecule has 0 heterocycles. The van der Waals surface area contributed by atoms with Gasteiger partial charge >= 0.3 is 0 Å². The van der Waals surface area contributed by atoms with Gasteiger partial charge in [-0.3, -0.25) is 38.2 Å². The topological polar surface area (TPSA) is 222 Å². The SMILES string of the molecule is CC(=O)CC(C)=O.CC(C)(C)C.CC(C)=O.CCC(=O)C(=O)CC.CCC(=O)CC.CCP(C)(=O)CC.CCS(=O)(=O)CC.CCS(=O)CC.CP(C)(C)=O.CS(C)(=O)=O.CS(C)(C)C. The molecule has 0 saturated carbocycles. The van der Waals surface area contributed by atoms with E-state index in [2.05, 4.69) is 52.7 Å². The predicted octanol–water partition coefficient (Wildman–Crippen LogP) is 11.0. The highest BCUT2D eigenvalue weighted by molar-refractivity contribution is 8.31. The van der Waals surface area contributed by atoms with E-state index in [-0.39, 0.29) is 56.9 Å². The molecule has 0 aromatic heterocycles. The first-order valence-electron chi connectivity index (χ1n) is 21.9. The average Bonchev–Trinajstić information content (AvgIpc) is 3.11. The summed E-state index contributed by atoms with van der Waals surface area (Å²) in [5, 5.41) is 0. The molecule has 0 aromatic carbocycles. The molecule has 0 aliphatic rings. The van der Waals surface area contributed by atoms with Crippen molar-refractivity contribution >= 4 is 89.5 Å². The van der Waals surface area contributed by atoms with Crippen molar-refractivity contribution in [1.82, 2.24) is 0 Å². The summed E-state index contributed by atoms with van der Waals surface area (Å²) >= 11 is 0. The lowest BCUT2D eigenvalue weighted by Crippen LogP contribution is -2.09. The van der Waals surface area contributed by atoms with Gasteiger partial charge in [-0.05, 0) is 97.1 Å². The van der Waals surface area contributed by atoms with Crippen LogP contribution in [0.15, 0.2) is 0 Å². The zero-order chi connectivity index (χ0) is 55.8. The van der Waals surface area contributed by atoms with Crippen LogP contribution in [0.5, 0.6) is 0 Å². The summed E-state index contributed by atoms with van der Waals surface area (Å²) in [5.41, 5.74) is 0.500. The summed E-state index contributed by atoms with van der Waals surface area (Å²) in [6.45, 7) is 40.0. The maximum Gasteiger partial charge on any atom is 0.198 e. The number of carbonyl (C=O) groups is 6. The fraction of sp³-hybridized carbons (Fsp3) is 0.870. The quantitative estimate of drug-likeness (QED) is 0.0952.